The summed E-state index contributed by atoms with van der Waals surface area (Å²) in [5.41, 5.74) is 0. The molecule has 9 heavy (non-hydrogen) atoms. The second-order valence-electron chi connectivity index (χ2n) is 1.30. The monoisotopic (exact) mass is 157 g/mol. The van der Waals surface area contributed by atoms with Crippen LogP contribution in [-0.2, 0) is 10.1 Å². The van der Waals surface area contributed by atoms with Gasteiger partial charge in [-0.05, 0) is 0 Å². The third kappa shape index (κ3) is 7.79. The zero-order valence-electron chi connectivity index (χ0n) is 4.35. The molecule has 6 nitrogen and oxygen atoms in total. The van der Waals surface area contributed by atoms with Crippen LogP contribution in [0.3, 0.4) is 0 Å². The van der Waals surface area contributed by atoms with E-state index in [1.54, 1.807) is 5.32 Å². The lowest BCUT2D eigenvalue weighted by molar-refractivity contribution is -0.0621. The molecule has 7 heteroatoms. The Morgan fingerprint density at radius 1 is 1.44 bits per heavy atom. The lowest BCUT2D eigenvalue weighted by atomic mass is 11.1. The van der Waals surface area contributed by atoms with E-state index in [9.17, 15) is 8.42 Å². The lowest BCUT2D eigenvalue weighted by Crippen LogP contribution is -2.32. The van der Waals surface area contributed by atoms with Crippen molar-refractivity contribution in [2.24, 2.45) is 0 Å². The number of aliphatic hydroxyl groups is 2. The molecule has 0 spiro atoms. The Morgan fingerprint density at radius 3 is 2.00 bits per heavy atom. The van der Waals surface area contributed by atoms with Gasteiger partial charge in [0.25, 0.3) is 10.1 Å². The fraction of sp³-hybridized carbons (Fsp3) is 1.00. The summed E-state index contributed by atoms with van der Waals surface area (Å²) in [7, 11) is -4.15. The van der Waals surface area contributed by atoms with Crippen LogP contribution in [0, 0.1) is 0 Å². The molecule has 0 bridgehead atoms. The van der Waals surface area contributed by atoms with Gasteiger partial charge in [-0.1, -0.05) is 0 Å². The maximum atomic E-state index is 9.81. The Balaban J connectivity index is 3.53. The first-order valence-corrected chi connectivity index (χ1v) is 3.57. The summed E-state index contributed by atoms with van der Waals surface area (Å²) >= 11 is 0. The van der Waals surface area contributed by atoms with E-state index in [1.807, 2.05) is 0 Å². The predicted molar refractivity (Wildman–Crippen MR) is 27.8 cm³/mol. The second-order valence-corrected chi connectivity index (χ2v) is 2.76. The van der Waals surface area contributed by atoms with Crippen molar-refractivity contribution in [2.75, 3.05) is 5.88 Å². The van der Waals surface area contributed by atoms with Gasteiger partial charge in [-0.2, -0.15) is 8.42 Å². The fourth-order valence-electron chi connectivity index (χ4n) is 0.180. The van der Waals surface area contributed by atoms with Crippen molar-refractivity contribution in [3.63, 3.8) is 0 Å². The van der Waals surface area contributed by atoms with Gasteiger partial charge in [0.1, 0.15) is 5.88 Å². The molecule has 56 valence electrons. The van der Waals surface area contributed by atoms with E-state index in [1.165, 1.54) is 0 Å². The van der Waals surface area contributed by atoms with Crippen LogP contribution in [0.25, 0.3) is 0 Å². The van der Waals surface area contributed by atoms with Crippen molar-refractivity contribution >= 4 is 10.1 Å². The molecule has 0 unspecified atom stereocenters. The van der Waals surface area contributed by atoms with Gasteiger partial charge < -0.3 is 10.2 Å². The van der Waals surface area contributed by atoms with Gasteiger partial charge in [-0.3, -0.25) is 9.87 Å². The molecule has 0 heterocycles. The highest BCUT2D eigenvalue weighted by molar-refractivity contribution is 7.85. The zero-order chi connectivity index (χ0) is 7.49. The Hall–Kier alpha value is -0.210. The Bertz CT molecular complexity index is 160. The summed E-state index contributed by atoms with van der Waals surface area (Å²) in [6.45, 7) is 0. The van der Waals surface area contributed by atoms with Crippen LogP contribution in [0.15, 0.2) is 0 Å². The molecule has 0 saturated carbocycles. The molecule has 0 saturated heterocycles. The van der Waals surface area contributed by atoms with Gasteiger partial charge in [0, 0.05) is 0 Å². The Kier molecular flexibility index (Phi) is 3.01. The molecule has 0 rings (SSSR count). The fourth-order valence-corrected chi connectivity index (χ4v) is 0.540. The summed E-state index contributed by atoms with van der Waals surface area (Å²) in [5.74, 6) is -0.870. The molecule has 0 aromatic rings. The van der Waals surface area contributed by atoms with Crippen molar-refractivity contribution < 1.29 is 23.2 Å². The maximum absolute atomic E-state index is 9.81. The van der Waals surface area contributed by atoms with Gasteiger partial charge >= 0.3 is 0 Å². The maximum Gasteiger partial charge on any atom is 0.278 e. The van der Waals surface area contributed by atoms with Gasteiger partial charge in [-0.15, -0.1) is 0 Å². The highest BCUT2D eigenvalue weighted by Crippen LogP contribution is 1.76. The van der Waals surface area contributed by atoms with Gasteiger partial charge in [0.2, 0.25) is 6.41 Å². The highest BCUT2D eigenvalue weighted by atomic mass is 32.2. The minimum atomic E-state index is -4.15. The van der Waals surface area contributed by atoms with E-state index in [0.717, 1.165) is 0 Å². The molecule has 0 atom stereocenters. The van der Waals surface area contributed by atoms with Crippen LogP contribution < -0.4 is 5.32 Å². The summed E-state index contributed by atoms with van der Waals surface area (Å²) in [5, 5.41) is 17.6. The first kappa shape index (κ1) is 8.79. The molecule has 0 aromatic carbocycles. The predicted octanol–water partition coefficient (Wildman–Crippen LogP) is -2.31. The van der Waals surface area contributed by atoms with E-state index in [0.29, 0.717) is 0 Å². The van der Waals surface area contributed by atoms with E-state index in [4.69, 9.17) is 14.8 Å². The third-order valence-electron chi connectivity index (χ3n) is 0.448. The number of hydrogen-bond acceptors (Lipinski definition) is 5. The number of hydrogen-bond donors (Lipinski definition) is 4. The van der Waals surface area contributed by atoms with Crippen molar-refractivity contribution in [3.05, 3.63) is 0 Å². The number of rotatable bonds is 3. The average Bonchev–Trinajstić information content (AvgIpc) is 1.59. The first-order chi connectivity index (χ1) is 3.92. The van der Waals surface area contributed by atoms with Crippen LogP contribution in [0.4, 0.5) is 0 Å². The average molecular weight is 157 g/mol. The van der Waals surface area contributed by atoms with Gasteiger partial charge in [0.15, 0.2) is 0 Å². The number of nitrogens with one attached hydrogen (secondary N) is 1. The molecule has 0 aromatic heterocycles. The Morgan fingerprint density at radius 2 is 1.89 bits per heavy atom. The van der Waals surface area contributed by atoms with Crippen LogP contribution in [-0.4, -0.2) is 35.5 Å². The first-order valence-electron chi connectivity index (χ1n) is 1.96. The summed E-state index contributed by atoms with van der Waals surface area (Å²) in [6.07, 6.45) is -1.92. The number of aliphatic hydroxyl groups excluding tert-OH is 1. The molecule has 0 aliphatic rings. The summed E-state index contributed by atoms with van der Waals surface area (Å²) in [6, 6.07) is 0. The van der Waals surface area contributed by atoms with Crippen LogP contribution in [0.1, 0.15) is 0 Å². The van der Waals surface area contributed by atoms with Crippen LogP contribution >= 0.6 is 0 Å². The highest BCUT2D eigenvalue weighted by Gasteiger charge is 2.04. The van der Waals surface area contributed by atoms with Crippen molar-refractivity contribution in [1.29, 1.82) is 0 Å². The van der Waals surface area contributed by atoms with Gasteiger partial charge in [-0.25, -0.2) is 0 Å². The van der Waals surface area contributed by atoms with Crippen molar-refractivity contribution in [2.45, 2.75) is 6.41 Å². The van der Waals surface area contributed by atoms with Crippen molar-refractivity contribution in [1.82, 2.24) is 5.32 Å². The molecule has 0 aliphatic carbocycles. The zero-order valence-corrected chi connectivity index (χ0v) is 5.17. The minimum Gasteiger partial charge on any atom is -0.356 e. The molecule has 4 N–H and O–H groups in total. The standard InChI is InChI=1S/C2H7NO5S/c4-2(5)3-1-9(6,7)8/h2-5H,1H2,(H,6,7,8). The smallest absolute Gasteiger partial charge is 0.278 e. The quantitative estimate of drug-likeness (QED) is 0.271. The third-order valence-corrected chi connectivity index (χ3v) is 0.980. The minimum absolute atomic E-state index is 0.870. The normalized spacial score (nSPS) is 12.4. The van der Waals surface area contributed by atoms with Crippen LogP contribution in [0.5, 0.6) is 0 Å². The van der Waals surface area contributed by atoms with Gasteiger partial charge in [0.05, 0.1) is 0 Å². The lowest BCUT2D eigenvalue weighted by Gasteiger charge is -2.01. The van der Waals surface area contributed by atoms with Crippen molar-refractivity contribution in [3.8, 4) is 0 Å². The molecule has 0 amide bonds. The largest absolute Gasteiger partial charge is 0.356 e. The molecular weight excluding hydrogens is 150 g/mol. The second kappa shape index (κ2) is 3.08. The molecular formula is C2H7NO5S. The van der Waals surface area contributed by atoms with E-state index < -0.39 is 22.4 Å². The SMILES string of the molecule is O=S(=O)(O)CNC(O)O. The summed E-state index contributed by atoms with van der Waals surface area (Å²) in [4.78, 5) is 0. The van der Waals surface area contributed by atoms with E-state index in [-0.39, 0.29) is 0 Å². The van der Waals surface area contributed by atoms with E-state index >= 15 is 0 Å². The molecule has 0 aliphatic heterocycles. The van der Waals surface area contributed by atoms with E-state index in [2.05, 4.69) is 0 Å². The molecule has 0 fully saturated rings. The van der Waals surface area contributed by atoms with Crippen LogP contribution in [0.2, 0.25) is 0 Å². The Labute approximate surface area is 51.9 Å². The summed E-state index contributed by atoms with van der Waals surface area (Å²) < 4.78 is 27.6. The topological polar surface area (TPSA) is 107 Å². The molecule has 0 radical (unpaired) electrons.